The molecule has 2 rings (SSSR count). The van der Waals surface area contributed by atoms with Gasteiger partial charge in [-0.3, -0.25) is 9.59 Å². The van der Waals surface area contributed by atoms with Gasteiger partial charge in [-0.05, 0) is 55.2 Å². The maximum Gasteiger partial charge on any atom is 0.243 e. The lowest BCUT2D eigenvalue weighted by Crippen LogP contribution is -2.51. The van der Waals surface area contributed by atoms with E-state index < -0.39 is 6.04 Å². The monoisotopic (exact) mass is 472 g/mol. The second-order valence-corrected chi connectivity index (χ2v) is 8.94. The maximum atomic E-state index is 13.3. The average Bonchev–Trinajstić information content (AvgIpc) is 2.84. The molecule has 2 aromatic carbocycles. The molecule has 0 saturated carbocycles. The molecule has 7 heteroatoms. The van der Waals surface area contributed by atoms with Crippen LogP contribution in [0.3, 0.4) is 0 Å². The van der Waals surface area contributed by atoms with E-state index in [1.165, 1.54) is 0 Å². The van der Waals surface area contributed by atoms with Gasteiger partial charge in [-0.2, -0.15) is 0 Å². The van der Waals surface area contributed by atoms with Crippen LogP contribution in [-0.2, 0) is 21.9 Å². The number of hydrogen-bond donors (Lipinski definition) is 1. The number of amides is 2. The van der Waals surface area contributed by atoms with E-state index in [-0.39, 0.29) is 17.9 Å². The summed E-state index contributed by atoms with van der Waals surface area (Å²) in [7, 11) is 3.26. The standard InChI is InChI=1S/C26H36N2O4S/c1-6-19(3)27-26(30)24(7-2)28(16-20-8-12-22(31-4)13-9-20)25(29)18-33-17-21-10-14-23(32-5)15-11-21/h8-15,19,24H,6-7,16-18H2,1-5H3,(H,27,30). The van der Waals surface area contributed by atoms with Crippen molar-refractivity contribution in [1.29, 1.82) is 0 Å². The summed E-state index contributed by atoms with van der Waals surface area (Å²) in [6.07, 6.45) is 1.39. The smallest absolute Gasteiger partial charge is 0.243 e. The Kier molecular flexibility index (Phi) is 11.1. The highest BCUT2D eigenvalue weighted by molar-refractivity contribution is 7.99. The first-order valence-electron chi connectivity index (χ1n) is 11.3. The van der Waals surface area contributed by atoms with Crippen LogP contribution < -0.4 is 14.8 Å². The number of carbonyl (C=O) groups is 2. The van der Waals surface area contributed by atoms with Crippen molar-refractivity contribution >= 4 is 23.6 Å². The number of thioether (sulfide) groups is 1. The Hall–Kier alpha value is -2.67. The molecule has 0 aliphatic carbocycles. The number of nitrogens with zero attached hydrogens (tertiary/aromatic N) is 1. The third-order valence-corrected chi connectivity index (χ3v) is 6.54. The van der Waals surface area contributed by atoms with Crippen LogP contribution in [0.1, 0.15) is 44.7 Å². The van der Waals surface area contributed by atoms with Crippen LogP contribution in [-0.4, -0.2) is 48.8 Å². The minimum Gasteiger partial charge on any atom is -0.497 e. The molecule has 2 aromatic rings. The van der Waals surface area contributed by atoms with Crippen LogP contribution in [0.5, 0.6) is 11.5 Å². The molecule has 2 amide bonds. The summed E-state index contributed by atoms with van der Waals surface area (Å²) < 4.78 is 10.4. The number of nitrogens with one attached hydrogen (secondary N) is 1. The Morgan fingerprint density at radius 3 is 1.94 bits per heavy atom. The van der Waals surface area contributed by atoms with Gasteiger partial charge in [0, 0.05) is 18.3 Å². The molecule has 2 unspecified atom stereocenters. The number of rotatable bonds is 13. The Labute approximate surface area is 202 Å². The predicted octanol–water partition coefficient (Wildman–Crippen LogP) is 4.66. The lowest BCUT2D eigenvalue weighted by atomic mass is 10.1. The van der Waals surface area contributed by atoms with Crippen LogP contribution in [0.4, 0.5) is 0 Å². The SMILES string of the molecule is CCC(C)NC(=O)C(CC)N(Cc1ccc(OC)cc1)C(=O)CSCc1ccc(OC)cc1. The fourth-order valence-corrected chi connectivity index (χ4v) is 4.22. The van der Waals surface area contributed by atoms with Gasteiger partial charge in [0.1, 0.15) is 17.5 Å². The molecular formula is C26H36N2O4S. The quantitative estimate of drug-likeness (QED) is 0.459. The summed E-state index contributed by atoms with van der Waals surface area (Å²) >= 11 is 1.55. The Morgan fingerprint density at radius 2 is 1.45 bits per heavy atom. The molecule has 0 saturated heterocycles. The Bertz CT molecular complexity index is 871. The average molecular weight is 473 g/mol. The van der Waals surface area contributed by atoms with Crippen molar-refractivity contribution in [2.45, 2.75) is 58.0 Å². The molecule has 0 aliphatic heterocycles. The lowest BCUT2D eigenvalue weighted by molar-refractivity contribution is -0.139. The third kappa shape index (κ3) is 8.31. The molecule has 0 fully saturated rings. The number of carbonyl (C=O) groups excluding carboxylic acids is 2. The van der Waals surface area contributed by atoms with Gasteiger partial charge in [-0.25, -0.2) is 0 Å². The van der Waals surface area contributed by atoms with E-state index in [0.29, 0.717) is 24.5 Å². The van der Waals surface area contributed by atoms with Gasteiger partial charge in [0.05, 0.1) is 20.0 Å². The van der Waals surface area contributed by atoms with Crippen molar-refractivity contribution < 1.29 is 19.1 Å². The summed E-state index contributed by atoms with van der Waals surface area (Å²) in [6.45, 7) is 6.32. The van der Waals surface area contributed by atoms with Crippen LogP contribution in [0.25, 0.3) is 0 Å². The molecule has 2 atom stereocenters. The Morgan fingerprint density at radius 1 is 0.909 bits per heavy atom. The number of benzene rings is 2. The van der Waals surface area contributed by atoms with Gasteiger partial charge in [-0.1, -0.05) is 38.1 Å². The van der Waals surface area contributed by atoms with E-state index in [1.807, 2.05) is 69.3 Å². The van der Waals surface area contributed by atoms with Gasteiger partial charge in [-0.15, -0.1) is 11.8 Å². The van der Waals surface area contributed by atoms with Crippen LogP contribution in [0.15, 0.2) is 48.5 Å². The maximum absolute atomic E-state index is 13.3. The highest BCUT2D eigenvalue weighted by Gasteiger charge is 2.29. The van der Waals surface area contributed by atoms with Crippen LogP contribution in [0, 0.1) is 0 Å². The predicted molar refractivity (Wildman–Crippen MR) is 135 cm³/mol. The summed E-state index contributed by atoms with van der Waals surface area (Å²) in [5, 5.41) is 3.04. The molecule has 1 N–H and O–H groups in total. The fourth-order valence-electron chi connectivity index (χ4n) is 3.35. The van der Waals surface area contributed by atoms with Gasteiger partial charge in [0.25, 0.3) is 0 Å². The molecule has 0 aliphatic rings. The number of hydrogen-bond acceptors (Lipinski definition) is 5. The summed E-state index contributed by atoms with van der Waals surface area (Å²) in [5.74, 6) is 2.43. The molecule has 180 valence electrons. The first kappa shape index (κ1) is 26.6. The minimum atomic E-state index is -0.518. The lowest BCUT2D eigenvalue weighted by Gasteiger charge is -2.31. The second kappa shape index (κ2) is 13.8. The highest BCUT2D eigenvalue weighted by atomic mass is 32.2. The van der Waals surface area contributed by atoms with E-state index >= 15 is 0 Å². The first-order chi connectivity index (χ1) is 15.9. The van der Waals surface area contributed by atoms with Gasteiger partial charge < -0.3 is 19.7 Å². The van der Waals surface area contributed by atoms with Crippen LogP contribution >= 0.6 is 11.8 Å². The molecular weight excluding hydrogens is 436 g/mol. The van der Waals surface area contributed by atoms with Gasteiger partial charge in [0.2, 0.25) is 11.8 Å². The zero-order valence-corrected chi connectivity index (χ0v) is 21.1. The summed E-state index contributed by atoms with van der Waals surface area (Å²) in [5.41, 5.74) is 2.08. The van der Waals surface area contributed by atoms with Crippen molar-refractivity contribution in [3.05, 3.63) is 59.7 Å². The zero-order valence-electron chi connectivity index (χ0n) is 20.3. The van der Waals surface area contributed by atoms with E-state index in [1.54, 1.807) is 30.9 Å². The third-order valence-electron chi connectivity index (χ3n) is 5.55. The van der Waals surface area contributed by atoms with E-state index in [2.05, 4.69) is 5.32 Å². The van der Waals surface area contributed by atoms with Crippen molar-refractivity contribution in [3.8, 4) is 11.5 Å². The van der Waals surface area contributed by atoms with Gasteiger partial charge in [0.15, 0.2) is 0 Å². The minimum absolute atomic E-state index is 0.0459. The molecule has 0 bridgehead atoms. The van der Waals surface area contributed by atoms with Crippen molar-refractivity contribution in [2.75, 3.05) is 20.0 Å². The molecule has 0 radical (unpaired) electrons. The van der Waals surface area contributed by atoms with Crippen molar-refractivity contribution in [2.24, 2.45) is 0 Å². The fraction of sp³-hybridized carbons (Fsp3) is 0.462. The normalized spacial score (nSPS) is 12.5. The van der Waals surface area contributed by atoms with E-state index in [9.17, 15) is 9.59 Å². The topological polar surface area (TPSA) is 67.9 Å². The first-order valence-corrected chi connectivity index (χ1v) is 12.5. The molecule has 33 heavy (non-hydrogen) atoms. The van der Waals surface area contributed by atoms with Gasteiger partial charge >= 0.3 is 0 Å². The molecule has 0 spiro atoms. The Balaban J connectivity index is 2.12. The summed E-state index contributed by atoms with van der Waals surface area (Å²) in [4.78, 5) is 28.0. The number of ether oxygens (including phenoxy) is 2. The highest BCUT2D eigenvalue weighted by Crippen LogP contribution is 2.20. The molecule has 0 aromatic heterocycles. The largest absolute Gasteiger partial charge is 0.497 e. The van der Waals surface area contributed by atoms with Crippen LogP contribution in [0.2, 0.25) is 0 Å². The second-order valence-electron chi connectivity index (χ2n) is 7.95. The van der Waals surface area contributed by atoms with Crippen molar-refractivity contribution in [1.82, 2.24) is 10.2 Å². The van der Waals surface area contributed by atoms with E-state index in [0.717, 1.165) is 29.0 Å². The molecule has 6 nitrogen and oxygen atoms in total. The van der Waals surface area contributed by atoms with E-state index in [4.69, 9.17) is 9.47 Å². The number of methoxy groups -OCH3 is 2. The van der Waals surface area contributed by atoms with Crippen molar-refractivity contribution in [3.63, 3.8) is 0 Å². The summed E-state index contributed by atoms with van der Waals surface area (Å²) in [6, 6.07) is 15.0. The molecule has 0 heterocycles. The zero-order chi connectivity index (χ0) is 24.2.